The van der Waals surface area contributed by atoms with Crippen molar-refractivity contribution in [1.82, 2.24) is 9.80 Å². The van der Waals surface area contributed by atoms with Crippen molar-refractivity contribution in [3.05, 3.63) is 58.6 Å². The average Bonchev–Trinajstić information content (AvgIpc) is 3.87. The molecule has 11 heteroatoms. The van der Waals surface area contributed by atoms with Crippen LogP contribution < -0.4 is 9.64 Å². The lowest BCUT2D eigenvalue weighted by atomic mass is 9.89. The Kier molecular flexibility index (Phi) is 7.46. The SMILES string of the molecule is COc1cccc([C@@](O)(C(=O)N(C)CC[C@@H]2CC23CCN(c2ccc(C(=O)N4CC4)c(Cl)c2)CC3)C(F)(F)F)c1. The Bertz CT molecular complexity index is 1290. The number of benzene rings is 2. The monoisotopic (exact) mass is 579 g/mol. The number of carbonyl (C=O) groups is 2. The van der Waals surface area contributed by atoms with Crippen LogP contribution >= 0.6 is 11.6 Å². The van der Waals surface area contributed by atoms with Gasteiger partial charge in [-0.15, -0.1) is 0 Å². The molecule has 40 heavy (non-hydrogen) atoms. The highest BCUT2D eigenvalue weighted by atomic mass is 35.5. The summed E-state index contributed by atoms with van der Waals surface area (Å²) in [5, 5.41) is 11.2. The normalized spacial score (nSPS) is 21.1. The maximum absolute atomic E-state index is 14.1. The highest BCUT2D eigenvalue weighted by molar-refractivity contribution is 6.34. The van der Waals surface area contributed by atoms with Crippen LogP contribution in [-0.2, 0) is 10.4 Å². The summed E-state index contributed by atoms with van der Waals surface area (Å²) in [7, 11) is 2.60. The molecule has 2 atom stereocenters. The van der Waals surface area contributed by atoms with Gasteiger partial charge in [0.15, 0.2) is 0 Å². The lowest BCUT2D eigenvalue weighted by molar-refractivity contribution is -0.261. The number of hydrogen-bond acceptors (Lipinski definition) is 5. The van der Waals surface area contributed by atoms with Gasteiger partial charge >= 0.3 is 6.18 Å². The first kappa shape index (κ1) is 28.5. The molecule has 2 aromatic carbocycles. The highest BCUT2D eigenvalue weighted by Crippen LogP contribution is 2.61. The van der Waals surface area contributed by atoms with E-state index in [1.54, 1.807) is 11.0 Å². The standard InChI is InChI=1S/C29H33ClF3N3O4/c1-34(26(38)28(39,29(31,32)33)19-4-3-5-22(16-19)40-2)11-8-20-18-27(20)9-12-35(13-10-27)21-6-7-23(24(30)17-21)25(37)36-14-15-36/h3-7,16-17,20,39H,8-15,18H2,1-2H3/t20-,28-/m1/s1. The van der Waals surface area contributed by atoms with E-state index < -0.39 is 23.2 Å². The van der Waals surface area contributed by atoms with Crippen LogP contribution in [0.2, 0.25) is 5.02 Å². The Morgan fingerprint density at radius 1 is 1.12 bits per heavy atom. The van der Waals surface area contributed by atoms with Crippen molar-refractivity contribution in [3.63, 3.8) is 0 Å². The molecule has 1 saturated carbocycles. The number of piperidine rings is 1. The van der Waals surface area contributed by atoms with Crippen molar-refractivity contribution in [2.45, 2.75) is 37.5 Å². The summed E-state index contributed by atoms with van der Waals surface area (Å²) in [6.07, 6.45) is -1.82. The van der Waals surface area contributed by atoms with Gasteiger partial charge < -0.3 is 24.5 Å². The molecule has 0 radical (unpaired) electrons. The molecule has 0 bridgehead atoms. The van der Waals surface area contributed by atoms with Crippen molar-refractivity contribution in [2.75, 3.05) is 51.8 Å². The van der Waals surface area contributed by atoms with Gasteiger partial charge in [-0.3, -0.25) is 9.59 Å². The number of carbonyl (C=O) groups excluding carboxylic acids is 2. The van der Waals surface area contributed by atoms with Crippen LogP contribution in [0.5, 0.6) is 5.75 Å². The zero-order valence-electron chi connectivity index (χ0n) is 22.5. The van der Waals surface area contributed by atoms with E-state index in [1.807, 2.05) is 12.1 Å². The average molecular weight is 580 g/mol. The van der Waals surface area contributed by atoms with Gasteiger partial charge in [0, 0.05) is 51.0 Å². The largest absolute Gasteiger partial charge is 0.497 e. The molecule has 5 rings (SSSR count). The van der Waals surface area contributed by atoms with E-state index in [4.69, 9.17) is 16.3 Å². The summed E-state index contributed by atoms with van der Waals surface area (Å²) in [5.74, 6) is -1.03. The molecular formula is C29H33ClF3N3O4. The number of aliphatic hydroxyl groups is 1. The summed E-state index contributed by atoms with van der Waals surface area (Å²) in [5.41, 5.74) is -2.64. The number of likely N-dealkylation sites (N-methyl/N-ethyl adjacent to an activating group) is 1. The molecule has 1 N–H and O–H groups in total. The van der Waals surface area contributed by atoms with Crippen LogP contribution in [0, 0.1) is 11.3 Å². The molecular weight excluding hydrogens is 547 g/mol. The minimum absolute atomic E-state index is 0.0458. The fraction of sp³-hybridized carbons (Fsp3) is 0.517. The Morgan fingerprint density at radius 2 is 1.82 bits per heavy atom. The number of rotatable bonds is 8. The van der Waals surface area contributed by atoms with Crippen molar-refractivity contribution in [1.29, 1.82) is 0 Å². The molecule has 2 amide bonds. The lowest BCUT2D eigenvalue weighted by Gasteiger charge is -2.35. The smallest absolute Gasteiger partial charge is 0.430 e. The maximum Gasteiger partial charge on any atom is 0.430 e. The highest BCUT2D eigenvalue weighted by Gasteiger charge is 2.62. The van der Waals surface area contributed by atoms with E-state index in [1.165, 1.54) is 26.3 Å². The van der Waals surface area contributed by atoms with Gasteiger partial charge in [-0.05, 0) is 67.3 Å². The van der Waals surface area contributed by atoms with Crippen LogP contribution in [-0.4, -0.2) is 79.8 Å². The van der Waals surface area contributed by atoms with Crippen molar-refractivity contribution >= 4 is 29.1 Å². The lowest BCUT2D eigenvalue weighted by Crippen LogP contribution is -2.55. The first-order valence-corrected chi connectivity index (χ1v) is 13.8. The molecule has 0 unspecified atom stereocenters. The molecule has 2 saturated heterocycles. The number of hydrogen-bond donors (Lipinski definition) is 1. The summed E-state index contributed by atoms with van der Waals surface area (Å²) in [4.78, 5) is 30.3. The van der Waals surface area contributed by atoms with Gasteiger partial charge in [-0.25, -0.2) is 0 Å². The topological polar surface area (TPSA) is 73.1 Å². The van der Waals surface area contributed by atoms with Gasteiger partial charge in [-0.1, -0.05) is 23.7 Å². The third-order valence-corrected chi connectivity index (χ3v) is 9.08. The second kappa shape index (κ2) is 10.4. The van der Waals surface area contributed by atoms with Crippen molar-refractivity contribution < 1.29 is 32.6 Å². The predicted octanol–water partition coefficient (Wildman–Crippen LogP) is 4.71. The van der Waals surface area contributed by atoms with Gasteiger partial charge in [0.25, 0.3) is 17.4 Å². The van der Waals surface area contributed by atoms with E-state index >= 15 is 0 Å². The number of ether oxygens (including phenoxy) is 1. The Morgan fingerprint density at radius 3 is 2.42 bits per heavy atom. The second-order valence-electron chi connectivity index (χ2n) is 11.2. The molecule has 216 valence electrons. The van der Waals surface area contributed by atoms with E-state index in [0.29, 0.717) is 22.9 Å². The summed E-state index contributed by atoms with van der Waals surface area (Å²) >= 11 is 6.42. The molecule has 2 heterocycles. The van der Waals surface area contributed by atoms with Crippen LogP contribution in [0.25, 0.3) is 0 Å². The van der Waals surface area contributed by atoms with Crippen molar-refractivity contribution in [3.8, 4) is 5.75 Å². The number of amides is 2. The van der Waals surface area contributed by atoms with Crippen LogP contribution in [0.1, 0.15) is 41.6 Å². The minimum Gasteiger partial charge on any atom is -0.497 e. The van der Waals surface area contributed by atoms with Crippen LogP contribution in [0.15, 0.2) is 42.5 Å². The van der Waals surface area contributed by atoms with E-state index in [0.717, 1.165) is 68.2 Å². The maximum atomic E-state index is 14.1. The predicted molar refractivity (Wildman–Crippen MR) is 145 cm³/mol. The third-order valence-electron chi connectivity index (χ3n) is 8.77. The number of halogens is 4. The van der Waals surface area contributed by atoms with Gasteiger partial charge in [0.1, 0.15) is 5.75 Å². The molecule has 2 aliphatic heterocycles. The van der Waals surface area contributed by atoms with Crippen LogP contribution in [0.4, 0.5) is 18.9 Å². The summed E-state index contributed by atoms with van der Waals surface area (Å²) in [6, 6.07) is 10.4. The van der Waals surface area contributed by atoms with Gasteiger partial charge in [-0.2, -0.15) is 13.2 Å². The van der Waals surface area contributed by atoms with Crippen LogP contribution in [0.3, 0.4) is 0 Å². The van der Waals surface area contributed by atoms with Crippen molar-refractivity contribution in [2.24, 2.45) is 11.3 Å². The molecule has 1 spiro atoms. The molecule has 0 aromatic heterocycles. The Labute approximate surface area is 236 Å². The van der Waals surface area contributed by atoms with E-state index in [9.17, 15) is 27.9 Å². The Balaban J connectivity index is 1.17. The quantitative estimate of drug-likeness (QED) is 0.459. The molecule has 3 aliphatic rings. The number of alkyl halides is 3. The molecule has 7 nitrogen and oxygen atoms in total. The molecule has 1 aliphatic carbocycles. The number of anilines is 1. The Hall–Kier alpha value is -2.98. The fourth-order valence-electron chi connectivity index (χ4n) is 5.94. The van der Waals surface area contributed by atoms with Gasteiger partial charge in [0.05, 0.1) is 17.7 Å². The third kappa shape index (κ3) is 5.23. The zero-order chi connectivity index (χ0) is 28.9. The summed E-state index contributed by atoms with van der Waals surface area (Å²) in [6.45, 7) is 3.26. The van der Waals surface area contributed by atoms with E-state index in [-0.39, 0.29) is 23.6 Å². The van der Waals surface area contributed by atoms with Gasteiger partial charge in [0.2, 0.25) is 0 Å². The van der Waals surface area contributed by atoms with E-state index in [2.05, 4.69) is 4.90 Å². The molecule has 3 fully saturated rings. The minimum atomic E-state index is -5.21. The fourth-order valence-corrected chi connectivity index (χ4v) is 6.20. The number of methoxy groups -OCH3 is 1. The zero-order valence-corrected chi connectivity index (χ0v) is 23.3. The first-order chi connectivity index (χ1) is 18.9. The first-order valence-electron chi connectivity index (χ1n) is 13.4. The summed E-state index contributed by atoms with van der Waals surface area (Å²) < 4.78 is 47.2. The number of nitrogens with zero attached hydrogens (tertiary/aromatic N) is 3. The molecule has 2 aromatic rings. The second-order valence-corrected chi connectivity index (χ2v) is 11.6.